The molecular formula is C27H28FN5O3. The Labute approximate surface area is 209 Å². The molecule has 0 fully saturated rings. The monoisotopic (exact) mass is 489 g/mol. The van der Waals surface area contributed by atoms with E-state index in [1.165, 1.54) is 12.3 Å². The van der Waals surface area contributed by atoms with Gasteiger partial charge in [-0.1, -0.05) is 24.0 Å². The highest BCUT2D eigenvalue weighted by Crippen LogP contribution is 2.27. The van der Waals surface area contributed by atoms with Crippen LogP contribution in [0.5, 0.6) is 0 Å². The van der Waals surface area contributed by atoms with E-state index in [4.69, 9.17) is 0 Å². The van der Waals surface area contributed by atoms with E-state index in [2.05, 4.69) is 27.2 Å². The number of aryl methyl sites for hydroxylation is 1. The quantitative estimate of drug-likeness (QED) is 0.434. The molecular weight excluding hydrogens is 461 g/mol. The van der Waals surface area contributed by atoms with Gasteiger partial charge in [0.15, 0.2) is 0 Å². The van der Waals surface area contributed by atoms with Crippen molar-refractivity contribution in [3.8, 4) is 11.8 Å². The van der Waals surface area contributed by atoms with Gasteiger partial charge in [0.25, 0.3) is 0 Å². The van der Waals surface area contributed by atoms with Gasteiger partial charge in [-0.15, -0.1) is 0 Å². The number of aliphatic hydroxyl groups excluding tert-OH is 1. The summed E-state index contributed by atoms with van der Waals surface area (Å²) in [6.45, 7) is 3.66. The summed E-state index contributed by atoms with van der Waals surface area (Å²) >= 11 is 0. The molecule has 2 N–H and O–H groups in total. The number of pyridine rings is 1. The van der Waals surface area contributed by atoms with Gasteiger partial charge in [-0.2, -0.15) is 14.2 Å². The predicted octanol–water partition coefficient (Wildman–Crippen LogP) is 2.91. The van der Waals surface area contributed by atoms with Crippen LogP contribution in [0.15, 0.2) is 48.8 Å². The Balaban J connectivity index is 1.45. The molecule has 8 nitrogen and oxygen atoms in total. The van der Waals surface area contributed by atoms with Gasteiger partial charge in [0.2, 0.25) is 11.9 Å². The van der Waals surface area contributed by atoms with Crippen molar-refractivity contribution in [2.45, 2.75) is 39.2 Å². The Morgan fingerprint density at radius 3 is 2.86 bits per heavy atom. The number of aliphatic hydroxyl groups is 1. The van der Waals surface area contributed by atoms with Crippen LogP contribution in [0.2, 0.25) is 0 Å². The second-order valence-electron chi connectivity index (χ2n) is 9.50. The molecule has 1 aliphatic rings. The molecule has 186 valence electrons. The third-order valence-electron chi connectivity index (χ3n) is 6.02. The van der Waals surface area contributed by atoms with Crippen LogP contribution in [0, 0.1) is 23.2 Å². The Kier molecular flexibility index (Phi) is 7.17. The molecule has 2 aromatic heterocycles. The van der Waals surface area contributed by atoms with E-state index in [-0.39, 0.29) is 12.5 Å². The normalized spacial score (nSPS) is 15.5. The van der Waals surface area contributed by atoms with Gasteiger partial charge in [0.1, 0.15) is 6.04 Å². The van der Waals surface area contributed by atoms with Gasteiger partial charge in [0, 0.05) is 42.0 Å². The van der Waals surface area contributed by atoms with Gasteiger partial charge in [0.05, 0.1) is 12.8 Å². The molecule has 1 aliphatic heterocycles. The number of halogens is 1. The summed E-state index contributed by atoms with van der Waals surface area (Å²) in [5.74, 6) is 5.32. The molecule has 0 unspecified atom stereocenters. The molecule has 9 heteroatoms. The lowest BCUT2D eigenvalue weighted by atomic mass is 9.95. The number of carbonyl (C=O) groups excluding carboxylic acids is 2. The summed E-state index contributed by atoms with van der Waals surface area (Å²) in [6.07, 6.45) is 4.42. The number of nitrogens with zero attached hydrogens (tertiary/aromatic N) is 4. The molecule has 0 saturated heterocycles. The SMILES string of the molecule is CN1C(=O)[C@@H](NC(=O)n2cc(Cc3cccc(F)n3)cn2)CCc2ccc(C#CC(C)(C)CO)cc21. The van der Waals surface area contributed by atoms with Crippen LogP contribution in [0.25, 0.3) is 0 Å². The minimum atomic E-state index is -0.727. The number of rotatable bonds is 4. The average molecular weight is 490 g/mol. The number of aromatic nitrogens is 3. The smallest absolute Gasteiger partial charge is 0.342 e. The lowest BCUT2D eigenvalue weighted by Crippen LogP contribution is -2.48. The van der Waals surface area contributed by atoms with Crippen LogP contribution in [-0.2, 0) is 17.6 Å². The maximum atomic E-state index is 13.3. The number of nitrogens with one attached hydrogen (secondary N) is 1. The van der Waals surface area contributed by atoms with E-state index in [0.29, 0.717) is 30.5 Å². The van der Waals surface area contributed by atoms with Gasteiger partial charge >= 0.3 is 6.03 Å². The number of amides is 2. The van der Waals surface area contributed by atoms with E-state index in [1.54, 1.807) is 30.3 Å². The van der Waals surface area contributed by atoms with Crippen LogP contribution in [0.1, 0.15) is 42.7 Å². The second kappa shape index (κ2) is 10.3. The first-order valence-electron chi connectivity index (χ1n) is 11.7. The molecule has 4 rings (SSSR count). The van der Waals surface area contributed by atoms with Crippen LogP contribution >= 0.6 is 0 Å². The van der Waals surface area contributed by atoms with Crippen molar-refractivity contribution in [1.82, 2.24) is 20.1 Å². The second-order valence-corrected chi connectivity index (χ2v) is 9.50. The van der Waals surface area contributed by atoms with E-state index in [1.807, 2.05) is 32.0 Å². The molecule has 0 radical (unpaired) electrons. The summed E-state index contributed by atoms with van der Waals surface area (Å²) in [5.41, 5.74) is 3.17. The van der Waals surface area contributed by atoms with Crippen molar-refractivity contribution in [1.29, 1.82) is 0 Å². The summed E-state index contributed by atoms with van der Waals surface area (Å²) in [5, 5.41) is 16.3. The number of benzene rings is 1. The third-order valence-corrected chi connectivity index (χ3v) is 6.02. The van der Waals surface area contributed by atoms with E-state index in [0.717, 1.165) is 21.5 Å². The van der Waals surface area contributed by atoms with Crippen molar-refractivity contribution in [3.63, 3.8) is 0 Å². The first-order chi connectivity index (χ1) is 17.1. The first-order valence-corrected chi connectivity index (χ1v) is 11.7. The maximum Gasteiger partial charge on any atom is 0.342 e. The Morgan fingerprint density at radius 2 is 2.11 bits per heavy atom. The number of hydrogen-bond donors (Lipinski definition) is 2. The zero-order chi connectivity index (χ0) is 25.9. The molecule has 1 atom stereocenters. The highest BCUT2D eigenvalue weighted by Gasteiger charge is 2.30. The third kappa shape index (κ3) is 5.78. The lowest BCUT2D eigenvalue weighted by Gasteiger charge is -2.22. The van der Waals surface area contributed by atoms with Gasteiger partial charge in [-0.05, 0) is 62.1 Å². The van der Waals surface area contributed by atoms with Crippen molar-refractivity contribution >= 4 is 17.6 Å². The summed E-state index contributed by atoms with van der Waals surface area (Å²) in [7, 11) is 1.68. The predicted molar refractivity (Wildman–Crippen MR) is 133 cm³/mol. The van der Waals surface area contributed by atoms with Crippen LogP contribution in [0.4, 0.5) is 14.9 Å². The van der Waals surface area contributed by atoms with Gasteiger partial charge in [-0.25, -0.2) is 9.78 Å². The molecule has 36 heavy (non-hydrogen) atoms. The van der Waals surface area contributed by atoms with E-state index < -0.39 is 23.4 Å². The number of anilines is 1. The Hall–Kier alpha value is -4.03. The highest BCUT2D eigenvalue weighted by molar-refractivity contribution is 6.00. The number of hydrogen-bond acceptors (Lipinski definition) is 5. The number of fused-ring (bicyclic) bond motifs is 1. The minimum absolute atomic E-state index is 0.0514. The van der Waals surface area contributed by atoms with Crippen LogP contribution in [-0.4, -0.2) is 51.5 Å². The van der Waals surface area contributed by atoms with Crippen LogP contribution in [0.3, 0.4) is 0 Å². The minimum Gasteiger partial charge on any atom is -0.395 e. The summed E-state index contributed by atoms with van der Waals surface area (Å²) in [6, 6.07) is 8.99. The standard InChI is InChI=1S/C27H28FN5O3/c1-27(2,17-34)12-11-18-7-8-20-9-10-22(25(35)32(3)23(20)14-18)31-26(36)33-16-19(15-29-33)13-21-5-4-6-24(28)30-21/h4-8,14-16,22,34H,9-10,13,17H2,1-3H3,(H,31,36)/t22-/m0/s1. The fourth-order valence-electron chi connectivity index (χ4n) is 3.89. The van der Waals surface area contributed by atoms with E-state index in [9.17, 15) is 19.1 Å². The summed E-state index contributed by atoms with van der Waals surface area (Å²) < 4.78 is 14.5. The fraction of sp³-hybridized carbons (Fsp3) is 0.333. The molecule has 0 saturated carbocycles. The van der Waals surface area contributed by atoms with E-state index >= 15 is 0 Å². The molecule has 1 aromatic carbocycles. The first kappa shape index (κ1) is 25.1. The Bertz CT molecular complexity index is 1350. The number of likely N-dealkylation sites (N-methyl/N-ethyl adjacent to an activating group) is 1. The maximum absolute atomic E-state index is 13.3. The highest BCUT2D eigenvalue weighted by atomic mass is 19.1. The van der Waals surface area contributed by atoms with Crippen molar-refractivity contribution in [2.24, 2.45) is 5.41 Å². The van der Waals surface area contributed by atoms with Crippen LogP contribution < -0.4 is 10.2 Å². The summed E-state index contributed by atoms with van der Waals surface area (Å²) in [4.78, 5) is 31.4. The molecule has 3 aromatic rings. The van der Waals surface area contributed by atoms with Crippen molar-refractivity contribution in [3.05, 3.63) is 77.1 Å². The zero-order valence-electron chi connectivity index (χ0n) is 20.5. The largest absolute Gasteiger partial charge is 0.395 e. The molecule has 0 bridgehead atoms. The molecule has 0 aliphatic carbocycles. The topological polar surface area (TPSA) is 100 Å². The fourth-order valence-corrected chi connectivity index (χ4v) is 3.89. The molecule has 2 amide bonds. The lowest BCUT2D eigenvalue weighted by molar-refractivity contribution is -0.120. The number of carbonyl (C=O) groups is 2. The van der Waals surface area contributed by atoms with Crippen molar-refractivity contribution < 1.29 is 19.1 Å². The van der Waals surface area contributed by atoms with Crippen molar-refractivity contribution in [2.75, 3.05) is 18.6 Å². The molecule has 3 heterocycles. The molecule has 0 spiro atoms. The van der Waals surface area contributed by atoms with Gasteiger partial charge < -0.3 is 15.3 Å². The Morgan fingerprint density at radius 1 is 1.31 bits per heavy atom. The van der Waals surface area contributed by atoms with Gasteiger partial charge in [-0.3, -0.25) is 4.79 Å². The zero-order valence-corrected chi connectivity index (χ0v) is 20.5. The average Bonchev–Trinajstić information content (AvgIpc) is 3.29.